The topological polar surface area (TPSA) is 24.9 Å². The van der Waals surface area contributed by atoms with Crippen LogP contribution in [0.4, 0.5) is 0 Å². The zero-order valence-electron chi connectivity index (χ0n) is 10.9. The molecule has 1 N–H and O–H groups in total. The summed E-state index contributed by atoms with van der Waals surface area (Å²) in [5.41, 5.74) is 2.52. The Morgan fingerprint density at radius 2 is 1.89 bits per heavy atom. The quantitative estimate of drug-likeness (QED) is 0.869. The van der Waals surface area contributed by atoms with E-state index in [9.17, 15) is 0 Å². The molecule has 1 heterocycles. The zero-order chi connectivity index (χ0) is 12.4. The number of rotatable bonds is 2. The molecular formula is C16H20N2. The number of fused-ring (bicyclic) bond motifs is 1. The van der Waals surface area contributed by atoms with Gasteiger partial charge in [-0.1, -0.05) is 18.2 Å². The van der Waals surface area contributed by atoms with Crippen molar-refractivity contribution in [1.82, 2.24) is 10.3 Å². The first kappa shape index (κ1) is 11.7. The van der Waals surface area contributed by atoms with Crippen LogP contribution in [-0.2, 0) is 0 Å². The minimum Gasteiger partial charge on any atom is -0.317 e. The molecule has 0 spiro atoms. The first-order valence-corrected chi connectivity index (χ1v) is 6.89. The fourth-order valence-electron chi connectivity index (χ4n) is 3.03. The first-order chi connectivity index (χ1) is 8.86. The van der Waals surface area contributed by atoms with E-state index in [0.717, 1.165) is 11.6 Å². The van der Waals surface area contributed by atoms with E-state index in [1.54, 1.807) is 0 Å². The van der Waals surface area contributed by atoms with Crippen molar-refractivity contribution in [3.63, 3.8) is 0 Å². The molecule has 0 saturated heterocycles. The maximum atomic E-state index is 4.58. The number of hydrogen-bond acceptors (Lipinski definition) is 2. The lowest BCUT2D eigenvalue weighted by atomic mass is 9.82. The lowest BCUT2D eigenvalue weighted by Crippen LogP contribution is -2.29. The Hall–Kier alpha value is -1.41. The minimum absolute atomic E-state index is 0.701. The summed E-state index contributed by atoms with van der Waals surface area (Å²) >= 11 is 0. The highest BCUT2D eigenvalue weighted by atomic mass is 14.9. The maximum absolute atomic E-state index is 4.58. The van der Waals surface area contributed by atoms with Crippen molar-refractivity contribution >= 4 is 10.9 Å². The molecule has 2 aromatic rings. The van der Waals surface area contributed by atoms with Gasteiger partial charge < -0.3 is 5.32 Å². The molecule has 2 nitrogen and oxygen atoms in total. The molecule has 1 aliphatic rings. The first-order valence-electron chi connectivity index (χ1n) is 6.89. The molecule has 0 bridgehead atoms. The van der Waals surface area contributed by atoms with Crippen LogP contribution < -0.4 is 5.32 Å². The highest BCUT2D eigenvalue weighted by molar-refractivity contribution is 5.78. The highest BCUT2D eigenvalue weighted by Crippen LogP contribution is 2.33. The van der Waals surface area contributed by atoms with Gasteiger partial charge in [0.2, 0.25) is 0 Å². The van der Waals surface area contributed by atoms with Crippen LogP contribution in [0, 0.1) is 0 Å². The second kappa shape index (κ2) is 5.07. The Morgan fingerprint density at radius 1 is 1.11 bits per heavy atom. The molecule has 1 aromatic carbocycles. The van der Waals surface area contributed by atoms with Crippen molar-refractivity contribution in [2.24, 2.45) is 0 Å². The maximum Gasteiger partial charge on any atom is 0.0702 e. The van der Waals surface area contributed by atoms with Gasteiger partial charge in [0.25, 0.3) is 0 Å². The Bertz CT molecular complexity index is 527. The van der Waals surface area contributed by atoms with Gasteiger partial charge in [0, 0.05) is 17.6 Å². The molecule has 2 heteroatoms. The third-order valence-electron chi connectivity index (χ3n) is 4.22. The second-order valence-corrected chi connectivity index (χ2v) is 5.30. The Morgan fingerprint density at radius 3 is 2.67 bits per heavy atom. The summed E-state index contributed by atoms with van der Waals surface area (Å²) in [6, 6.07) is 11.4. The van der Waals surface area contributed by atoms with Crippen LogP contribution in [0.5, 0.6) is 0 Å². The molecule has 94 valence electrons. The Kier molecular flexibility index (Phi) is 3.28. The molecule has 1 saturated carbocycles. The van der Waals surface area contributed by atoms with Gasteiger partial charge >= 0.3 is 0 Å². The van der Waals surface area contributed by atoms with E-state index in [1.807, 2.05) is 6.07 Å². The predicted molar refractivity (Wildman–Crippen MR) is 75.8 cm³/mol. The molecule has 0 atom stereocenters. The van der Waals surface area contributed by atoms with Gasteiger partial charge in [-0.15, -0.1) is 0 Å². The fourth-order valence-corrected chi connectivity index (χ4v) is 3.03. The number of nitrogens with one attached hydrogen (secondary N) is 1. The summed E-state index contributed by atoms with van der Waals surface area (Å²) in [6.07, 6.45) is 7.21. The highest BCUT2D eigenvalue weighted by Gasteiger charge is 2.21. The molecule has 18 heavy (non-hydrogen) atoms. The molecule has 0 aliphatic heterocycles. The number of benzene rings is 1. The van der Waals surface area contributed by atoms with E-state index in [0.29, 0.717) is 5.92 Å². The van der Waals surface area contributed by atoms with Crippen molar-refractivity contribution < 1.29 is 0 Å². The van der Waals surface area contributed by atoms with Gasteiger partial charge in [-0.25, -0.2) is 0 Å². The largest absolute Gasteiger partial charge is 0.317 e. The van der Waals surface area contributed by atoms with Gasteiger partial charge in [-0.05, 0) is 56.3 Å². The normalized spacial score (nSPS) is 24.3. The average Bonchev–Trinajstić information content (AvgIpc) is 2.47. The Balaban J connectivity index is 1.82. The molecule has 3 rings (SSSR count). The van der Waals surface area contributed by atoms with Gasteiger partial charge in [-0.3, -0.25) is 4.98 Å². The molecule has 1 aliphatic carbocycles. The van der Waals surface area contributed by atoms with Crippen molar-refractivity contribution in [1.29, 1.82) is 0 Å². The SMILES string of the molecule is CNC1CCC(c2cnc3ccccc3c2)CC1. The molecule has 0 amide bonds. The van der Waals surface area contributed by atoms with Crippen molar-refractivity contribution in [2.75, 3.05) is 7.05 Å². The minimum atomic E-state index is 0.701. The fraction of sp³-hybridized carbons (Fsp3) is 0.438. The summed E-state index contributed by atoms with van der Waals surface area (Å²) in [5.74, 6) is 0.701. The number of hydrogen-bond donors (Lipinski definition) is 1. The molecular weight excluding hydrogens is 220 g/mol. The van der Waals surface area contributed by atoms with Crippen LogP contribution in [0.15, 0.2) is 36.5 Å². The molecule has 1 fully saturated rings. The smallest absolute Gasteiger partial charge is 0.0702 e. The third kappa shape index (κ3) is 2.25. The van der Waals surface area contributed by atoms with Gasteiger partial charge in [-0.2, -0.15) is 0 Å². The van der Waals surface area contributed by atoms with Gasteiger partial charge in [0.05, 0.1) is 5.52 Å². The zero-order valence-corrected chi connectivity index (χ0v) is 10.9. The third-order valence-corrected chi connectivity index (χ3v) is 4.22. The van der Waals surface area contributed by atoms with E-state index < -0.39 is 0 Å². The van der Waals surface area contributed by atoms with Crippen LogP contribution in [-0.4, -0.2) is 18.1 Å². The summed E-state index contributed by atoms with van der Waals surface area (Å²) in [6.45, 7) is 0. The monoisotopic (exact) mass is 240 g/mol. The molecule has 0 radical (unpaired) electrons. The van der Waals surface area contributed by atoms with E-state index in [2.05, 4.69) is 47.8 Å². The van der Waals surface area contributed by atoms with Crippen LogP contribution in [0.1, 0.15) is 37.2 Å². The lowest BCUT2D eigenvalue weighted by Gasteiger charge is -2.28. The standard InChI is InChI=1S/C16H20N2/c1-17-15-8-6-12(7-9-15)14-10-13-4-2-3-5-16(13)18-11-14/h2-5,10-12,15,17H,6-9H2,1H3. The van der Waals surface area contributed by atoms with Crippen LogP contribution in [0.25, 0.3) is 10.9 Å². The number of para-hydroxylation sites is 1. The summed E-state index contributed by atoms with van der Waals surface area (Å²) < 4.78 is 0. The van der Waals surface area contributed by atoms with Crippen LogP contribution in [0.3, 0.4) is 0 Å². The second-order valence-electron chi connectivity index (χ2n) is 5.30. The summed E-state index contributed by atoms with van der Waals surface area (Å²) in [4.78, 5) is 4.58. The van der Waals surface area contributed by atoms with E-state index >= 15 is 0 Å². The van der Waals surface area contributed by atoms with Crippen molar-refractivity contribution in [3.05, 3.63) is 42.1 Å². The number of aromatic nitrogens is 1. The molecule has 0 unspecified atom stereocenters. The number of pyridine rings is 1. The molecule has 1 aromatic heterocycles. The van der Waals surface area contributed by atoms with Crippen molar-refractivity contribution in [2.45, 2.75) is 37.6 Å². The predicted octanol–water partition coefficient (Wildman–Crippen LogP) is 3.48. The summed E-state index contributed by atoms with van der Waals surface area (Å²) in [5, 5.41) is 4.66. The van der Waals surface area contributed by atoms with Crippen LogP contribution >= 0.6 is 0 Å². The van der Waals surface area contributed by atoms with Crippen LogP contribution in [0.2, 0.25) is 0 Å². The lowest BCUT2D eigenvalue weighted by molar-refractivity contribution is 0.358. The van der Waals surface area contributed by atoms with Gasteiger partial charge in [0.1, 0.15) is 0 Å². The van der Waals surface area contributed by atoms with Crippen molar-refractivity contribution in [3.8, 4) is 0 Å². The summed E-state index contributed by atoms with van der Waals surface area (Å²) in [7, 11) is 2.07. The van der Waals surface area contributed by atoms with Gasteiger partial charge in [0.15, 0.2) is 0 Å². The van der Waals surface area contributed by atoms with E-state index in [-0.39, 0.29) is 0 Å². The van der Waals surface area contributed by atoms with E-state index in [1.165, 1.54) is 36.6 Å². The number of nitrogens with zero attached hydrogens (tertiary/aromatic N) is 1. The average molecular weight is 240 g/mol. The Labute approximate surface area is 108 Å². The van der Waals surface area contributed by atoms with E-state index in [4.69, 9.17) is 0 Å².